The van der Waals surface area contributed by atoms with Crippen LogP contribution in [0.3, 0.4) is 0 Å². The Bertz CT molecular complexity index is 51.7. The van der Waals surface area contributed by atoms with Gasteiger partial charge in [-0.25, -0.2) is 0 Å². The quantitative estimate of drug-likeness (QED) is 0.283. The zero-order valence-electron chi connectivity index (χ0n) is 5.20. The van der Waals surface area contributed by atoms with E-state index in [1.807, 2.05) is 0 Å². The molecule has 0 N–H and O–H groups in total. The summed E-state index contributed by atoms with van der Waals surface area (Å²) in [4.78, 5) is 0. The van der Waals surface area contributed by atoms with Crippen molar-refractivity contribution in [3.63, 3.8) is 0 Å². The van der Waals surface area contributed by atoms with E-state index in [-0.39, 0.29) is 29.6 Å². The molecule has 0 fully saturated rings. The molecule has 7 heavy (non-hydrogen) atoms. The van der Waals surface area contributed by atoms with Crippen molar-refractivity contribution in [1.82, 2.24) is 0 Å². The first-order chi connectivity index (χ1) is 2.91. The molecule has 0 aromatic carbocycles. The van der Waals surface area contributed by atoms with Gasteiger partial charge in [0.15, 0.2) is 0 Å². The van der Waals surface area contributed by atoms with Crippen molar-refractivity contribution < 1.29 is 0 Å². The fourth-order valence-electron chi connectivity index (χ4n) is 0.279. The monoisotopic (exact) mass is 105 g/mol. The molecule has 0 aromatic rings. The number of unbranched alkanes of at least 4 members (excludes halogenated alkanes) is 2. The van der Waals surface area contributed by atoms with Crippen LogP contribution in [0.4, 0.5) is 0 Å². The average molecular weight is 105 g/mol. The van der Waals surface area contributed by atoms with Crippen LogP contribution in [0.15, 0.2) is 0 Å². The van der Waals surface area contributed by atoms with Crippen LogP contribution in [0.1, 0.15) is 26.2 Å². The standard InChI is InChI=1S/C6H10.Na/c1-3-5-6-4-2;/h1H,4-6H2,2H3;. The molecular formula is C6H10Na. The molecule has 0 heterocycles. The largest absolute Gasteiger partial charge is 0.120 e. The van der Waals surface area contributed by atoms with Gasteiger partial charge in [-0.1, -0.05) is 13.3 Å². The maximum absolute atomic E-state index is 4.96. The molecule has 0 aromatic heterocycles. The van der Waals surface area contributed by atoms with Gasteiger partial charge in [0.25, 0.3) is 0 Å². The van der Waals surface area contributed by atoms with Crippen molar-refractivity contribution in [2.45, 2.75) is 26.2 Å². The molecular weight excluding hydrogens is 95.1 g/mol. The van der Waals surface area contributed by atoms with Crippen LogP contribution in [0.2, 0.25) is 0 Å². The average Bonchev–Trinajstić information content (AvgIpc) is 1.61. The Morgan fingerprint density at radius 1 is 1.57 bits per heavy atom. The third-order valence-corrected chi connectivity index (χ3v) is 0.675. The van der Waals surface area contributed by atoms with Crippen LogP contribution in [0.5, 0.6) is 0 Å². The number of rotatable bonds is 2. The van der Waals surface area contributed by atoms with E-state index in [4.69, 9.17) is 6.42 Å². The van der Waals surface area contributed by atoms with E-state index in [1.54, 1.807) is 0 Å². The molecule has 0 spiro atoms. The molecule has 0 saturated carbocycles. The van der Waals surface area contributed by atoms with Crippen molar-refractivity contribution in [3.8, 4) is 12.3 Å². The number of terminal acetylenes is 1. The van der Waals surface area contributed by atoms with Crippen molar-refractivity contribution in [3.05, 3.63) is 0 Å². The molecule has 1 radical (unpaired) electrons. The van der Waals surface area contributed by atoms with Crippen LogP contribution < -0.4 is 0 Å². The summed E-state index contributed by atoms with van der Waals surface area (Å²) in [6.45, 7) is 2.14. The summed E-state index contributed by atoms with van der Waals surface area (Å²) < 4.78 is 0. The third-order valence-electron chi connectivity index (χ3n) is 0.675. The Balaban J connectivity index is 0. The first-order valence-corrected chi connectivity index (χ1v) is 2.35. The smallest absolute Gasteiger partial charge is 0.00859 e. The molecule has 0 aliphatic rings. The van der Waals surface area contributed by atoms with Gasteiger partial charge in [0, 0.05) is 36.0 Å². The SMILES string of the molecule is C#CCCCC.[Na]. The molecule has 0 bridgehead atoms. The summed E-state index contributed by atoms with van der Waals surface area (Å²) in [5, 5.41) is 0. The molecule has 0 aliphatic heterocycles. The van der Waals surface area contributed by atoms with Gasteiger partial charge in [0.05, 0.1) is 0 Å². The van der Waals surface area contributed by atoms with Gasteiger partial charge >= 0.3 is 0 Å². The van der Waals surface area contributed by atoms with E-state index in [0.29, 0.717) is 0 Å². The van der Waals surface area contributed by atoms with Gasteiger partial charge in [0.2, 0.25) is 0 Å². The van der Waals surface area contributed by atoms with Gasteiger partial charge in [-0.2, -0.15) is 0 Å². The maximum Gasteiger partial charge on any atom is 0.00859 e. The second-order valence-electron chi connectivity index (χ2n) is 1.31. The minimum absolute atomic E-state index is 0. The van der Waals surface area contributed by atoms with Crippen LogP contribution in [0.25, 0.3) is 0 Å². The Morgan fingerprint density at radius 3 is 2.29 bits per heavy atom. The van der Waals surface area contributed by atoms with E-state index in [1.165, 1.54) is 12.8 Å². The zero-order valence-corrected chi connectivity index (χ0v) is 7.20. The van der Waals surface area contributed by atoms with Crippen LogP contribution in [-0.4, -0.2) is 29.6 Å². The topological polar surface area (TPSA) is 0 Å². The summed E-state index contributed by atoms with van der Waals surface area (Å²) in [5.74, 6) is 2.57. The van der Waals surface area contributed by atoms with Crippen LogP contribution in [0, 0.1) is 12.3 Å². The zero-order chi connectivity index (χ0) is 4.83. The summed E-state index contributed by atoms with van der Waals surface area (Å²) in [6.07, 6.45) is 8.30. The van der Waals surface area contributed by atoms with Gasteiger partial charge in [-0.05, 0) is 6.42 Å². The minimum Gasteiger partial charge on any atom is -0.120 e. The second kappa shape index (κ2) is 9.75. The fraction of sp³-hybridized carbons (Fsp3) is 0.667. The summed E-state index contributed by atoms with van der Waals surface area (Å²) >= 11 is 0. The Labute approximate surface area is 68.0 Å². The molecule has 0 saturated heterocycles. The van der Waals surface area contributed by atoms with E-state index >= 15 is 0 Å². The number of hydrogen-bond donors (Lipinski definition) is 0. The van der Waals surface area contributed by atoms with Gasteiger partial charge in [0.1, 0.15) is 0 Å². The third kappa shape index (κ3) is 10.8. The first-order valence-electron chi connectivity index (χ1n) is 2.35. The minimum atomic E-state index is 0. The molecule has 0 amide bonds. The first kappa shape index (κ1) is 10.5. The molecule has 35 valence electrons. The molecule has 0 nitrogen and oxygen atoms in total. The van der Waals surface area contributed by atoms with Crippen molar-refractivity contribution in [2.75, 3.05) is 0 Å². The Morgan fingerprint density at radius 2 is 2.14 bits per heavy atom. The maximum atomic E-state index is 4.96. The van der Waals surface area contributed by atoms with Crippen LogP contribution in [-0.2, 0) is 0 Å². The van der Waals surface area contributed by atoms with Gasteiger partial charge in [-0.3, -0.25) is 0 Å². The van der Waals surface area contributed by atoms with E-state index < -0.39 is 0 Å². The van der Waals surface area contributed by atoms with Gasteiger partial charge < -0.3 is 0 Å². The van der Waals surface area contributed by atoms with Crippen molar-refractivity contribution >= 4 is 29.6 Å². The van der Waals surface area contributed by atoms with Crippen molar-refractivity contribution in [1.29, 1.82) is 0 Å². The number of hydrogen-bond acceptors (Lipinski definition) is 0. The molecule has 1 heteroatoms. The molecule has 0 aliphatic carbocycles. The molecule has 0 atom stereocenters. The summed E-state index contributed by atoms with van der Waals surface area (Å²) in [5.41, 5.74) is 0. The summed E-state index contributed by atoms with van der Waals surface area (Å²) in [6, 6.07) is 0. The van der Waals surface area contributed by atoms with Crippen LogP contribution >= 0.6 is 0 Å². The summed E-state index contributed by atoms with van der Waals surface area (Å²) in [7, 11) is 0. The fourth-order valence-corrected chi connectivity index (χ4v) is 0.279. The Hall–Kier alpha value is 0.560. The predicted molar refractivity (Wildman–Crippen MR) is 34.1 cm³/mol. The molecule has 0 rings (SSSR count). The van der Waals surface area contributed by atoms with E-state index in [9.17, 15) is 0 Å². The van der Waals surface area contributed by atoms with Gasteiger partial charge in [-0.15, -0.1) is 12.3 Å². The predicted octanol–water partition coefficient (Wildman–Crippen LogP) is 1.43. The normalized spacial score (nSPS) is 6.29. The van der Waals surface area contributed by atoms with Crippen molar-refractivity contribution in [2.24, 2.45) is 0 Å². The second-order valence-corrected chi connectivity index (χ2v) is 1.31. The van der Waals surface area contributed by atoms with E-state index in [2.05, 4.69) is 12.8 Å². The Kier molecular flexibility index (Phi) is 14.7. The van der Waals surface area contributed by atoms with E-state index in [0.717, 1.165) is 6.42 Å². The molecule has 0 unspecified atom stereocenters.